The van der Waals surface area contributed by atoms with Crippen molar-refractivity contribution in [3.05, 3.63) is 232 Å². The van der Waals surface area contributed by atoms with Gasteiger partial charge in [-0.2, -0.15) is 0 Å². The molecule has 0 amide bonds. The summed E-state index contributed by atoms with van der Waals surface area (Å²) in [5.41, 5.74) is 26.9. The molecular formula is C72H71N. The molecule has 73 heavy (non-hydrogen) atoms. The maximum absolute atomic E-state index is 5.68. The number of pyridine rings is 1. The minimum atomic E-state index is -0.434. The molecule has 3 aliphatic rings. The van der Waals surface area contributed by atoms with Crippen LogP contribution in [0.2, 0.25) is 0 Å². The molecule has 9 aromatic rings. The lowest BCUT2D eigenvalue weighted by Gasteiger charge is -2.40. The summed E-state index contributed by atoms with van der Waals surface area (Å²) in [6.45, 7) is 9.45. The van der Waals surface area contributed by atoms with E-state index in [4.69, 9.17) is 4.98 Å². The van der Waals surface area contributed by atoms with E-state index < -0.39 is 5.41 Å². The molecule has 0 fully saturated rings. The van der Waals surface area contributed by atoms with Gasteiger partial charge in [-0.3, -0.25) is 0 Å². The molecule has 1 heterocycles. The minimum absolute atomic E-state index is 0.378. The van der Waals surface area contributed by atoms with E-state index in [2.05, 4.69) is 204 Å². The number of unbranched alkanes of at least 4 members (excludes halogenated alkanes) is 9. The normalized spacial score (nSPS) is 15.3. The molecule has 1 heteroatoms. The zero-order chi connectivity index (χ0) is 49.5. The third-order valence-electron chi connectivity index (χ3n) is 17.4. The highest BCUT2D eigenvalue weighted by Crippen LogP contribution is 2.62. The van der Waals surface area contributed by atoms with E-state index in [1.165, 1.54) is 183 Å². The predicted molar refractivity (Wildman–Crippen MR) is 310 cm³/mol. The van der Waals surface area contributed by atoms with Gasteiger partial charge in [0.05, 0.1) is 16.6 Å². The number of aryl methyl sites for hydroxylation is 3. The molecule has 1 atom stereocenters. The van der Waals surface area contributed by atoms with Crippen LogP contribution in [-0.2, 0) is 30.1 Å². The Hall–Kier alpha value is -6.83. The van der Waals surface area contributed by atoms with E-state index in [-0.39, 0.29) is 5.41 Å². The monoisotopic (exact) mass is 950 g/mol. The van der Waals surface area contributed by atoms with E-state index in [1.54, 1.807) is 0 Å². The summed E-state index contributed by atoms with van der Waals surface area (Å²) < 4.78 is 0. The number of nitrogens with zero attached hydrogens (tertiary/aromatic N) is 1. The summed E-state index contributed by atoms with van der Waals surface area (Å²) >= 11 is 0. The highest BCUT2D eigenvalue weighted by molar-refractivity contribution is 6.07. The van der Waals surface area contributed by atoms with Gasteiger partial charge in [0.15, 0.2) is 0 Å². The number of hydrogen-bond donors (Lipinski definition) is 0. The smallest absolute Gasteiger partial charge is 0.0726 e. The Kier molecular flexibility index (Phi) is 12.9. The summed E-state index contributed by atoms with van der Waals surface area (Å²) in [6, 6.07) is 68.6. The van der Waals surface area contributed by atoms with E-state index in [0.717, 1.165) is 36.0 Å². The number of fused-ring (bicyclic) bond motifs is 12. The Morgan fingerprint density at radius 1 is 0.342 bits per heavy atom. The van der Waals surface area contributed by atoms with Crippen molar-refractivity contribution < 1.29 is 0 Å². The van der Waals surface area contributed by atoms with Crippen LogP contribution in [0.5, 0.6) is 0 Å². The summed E-state index contributed by atoms with van der Waals surface area (Å²) in [4.78, 5) is 5.68. The maximum Gasteiger partial charge on any atom is 0.0726 e. The largest absolute Gasteiger partial charge is 0.248 e. The number of hydrogen-bond acceptors (Lipinski definition) is 1. The van der Waals surface area contributed by atoms with Gasteiger partial charge in [-0.05, 0) is 170 Å². The second-order valence-electron chi connectivity index (χ2n) is 22.0. The van der Waals surface area contributed by atoms with Gasteiger partial charge in [0.2, 0.25) is 0 Å². The first-order chi connectivity index (χ1) is 35.9. The van der Waals surface area contributed by atoms with Crippen molar-refractivity contribution in [2.45, 2.75) is 135 Å². The van der Waals surface area contributed by atoms with Gasteiger partial charge < -0.3 is 0 Å². The predicted octanol–water partition coefficient (Wildman–Crippen LogP) is 19.6. The van der Waals surface area contributed by atoms with Gasteiger partial charge in [0.1, 0.15) is 0 Å². The first kappa shape index (κ1) is 47.2. The molecule has 0 aliphatic heterocycles. The van der Waals surface area contributed by atoms with Crippen LogP contribution < -0.4 is 0 Å². The number of benzene rings is 8. The van der Waals surface area contributed by atoms with Crippen LogP contribution in [-0.4, -0.2) is 4.98 Å². The van der Waals surface area contributed by atoms with Gasteiger partial charge in [-0.1, -0.05) is 230 Å². The van der Waals surface area contributed by atoms with E-state index in [9.17, 15) is 0 Å². The highest BCUT2D eigenvalue weighted by Gasteiger charge is 2.50. The lowest BCUT2D eigenvalue weighted by Crippen LogP contribution is -2.31. The highest BCUT2D eigenvalue weighted by atomic mass is 14.7. The van der Waals surface area contributed by atoms with Gasteiger partial charge in [-0.15, -0.1) is 0 Å². The van der Waals surface area contributed by atoms with E-state index in [0.29, 0.717) is 0 Å². The fraction of sp³-hybridized carbons (Fsp3) is 0.292. The summed E-state index contributed by atoms with van der Waals surface area (Å²) in [7, 11) is 0. The molecule has 3 aliphatic carbocycles. The summed E-state index contributed by atoms with van der Waals surface area (Å²) in [5, 5.41) is 1.26. The third-order valence-corrected chi connectivity index (χ3v) is 17.4. The average Bonchev–Trinajstić information content (AvgIpc) is 3.89. The molecule has 0 bridgehead atoms. The lowest BCUT2D eigenvalue weighted by atomic mass is 9.62. The zero-order valence-electron chi connectivity index (χ0n) is 43.8. The SMILES string of the molecule is CCCCCCc1cc(CCCCCC)cc(-c2ccc3c(c2)C(C)(c2cccc(CCCCCC)c2)c2cc(-c4cc5c6c(cccc6n4)C4(c6ccccc6-c6ccccc64)c4ccccc4-5)ccc2-3)c1. The molecule has 0 N–H and O–H groups in total. The molecule has 1 spiro atoms. The van der Waals surface area contributed by atoms with Crippen molar-refractivity contribution in [2.75, 3.05) is 0 Å². The second-order valence-corrected chi connectivity index (χ2v) is 22.0. The van der Waals surface area contributed by atoms with Crippen LogP contribution in [0.4, 0.5) is 0 Å². The van der Waals surface area contributed by atoms with Gasteiger partial charge >= 0.3 is 0 Å². The molecule has 1 nitrogen and oxygen atoms in total. The van der Waals surface area contributed by atoms with Crippen molar-refractivity contribution in [3.63, 3.8) is 0 Å². The van der Waals surface area contributed by atoms with Crippen molar-refractivity contribution in [1.82, 2.24) is 4.98 Å². The van der Waals surface area contributed by atoms with E-state index in [1.807, 2.05) is 0 Å². The Morgan fingerprint density at radius 2 is 0.836 bits per heavy atom. The molecule has 0 radical (unpaired) electrons. The van der Waals surface area contributed by atoms with Gasteiger partial charge in [-0.25, -0.2) is 4.98 Å². The third kappa shape index (κ3) is 8.01. The van der Waals surface area contributed by atoms with Crippen LogP contribution in [0.3, 0.4) is 0 Å². The maximum atomic E-state index is 5.68. The van der Waals surface area contributed by atoms with Crippen LogP contribution in [0.25, 0.3) is 66.7 Å². The standard InChI is InChI=1S/C72H71N/c1-5-8-11-14-25-49-28-23-29-55(45-49)71(4)66-46-52(54-43-50(26-15-12-9-6-2)42-51(44-54)27-16-13-10-7-3)38-40-59(66)60-41-39-53(47-67(60)71)69-48-61-58-32-19-22-35-64(58)72(65-36-24-37-68(73-69)70(61)65)62-33-20-17-30-56(62)57-31-18-21-34-63(57)72/h17-24,28-48H,5-16,25-27H2,1-4H3. The molecule has 0 saturated carbocycles. The average molecular weight is 950 g/mol. The molecule has 1 unspecified atom stereocenters. The molecule has 0 saturated heterocycles. The van der Waals surface area contributed by atoms with Crippen molar-refractivity contribution in [3.8, 4) is 55.8 Å². The minimum Gasteiger partial charge on any atom is -0.248 e. The number of aromatic nitrogens is 1. The topological polar surface area (TPSA) is 12.9 Å². The lowest BCUT2D eigenvalue weighted by molar-refractivity contribution is 0.661. The Balaban J connectivity index is 1.000. The van der Waals surface area contributed by atoms with Crippen LogP contribution in [0.15, 0.2) is 176 Å². The first-order valence-electron chi connectivity index (χ1n) is 28.2. The summed E-state index contributed by atoms with van der Waals surface area (Å²) in [5.74, 6) is 0. The Labute approximate surface area is 435 Å². The van der Waals surface area contributed by atoms with Crippen LogP contribution in [0, 0.1) is 0 Å². The molecule has 12 rings (SSSR count). The Bertz CT molecular complexity index is 3440. The van der Waals surface area contributed by atoms with Gasteiger partial charge in [0.25, 0.3) is 0 Å². The first-order valence-corrected chi connectivity index (χ1v) is 28.2. The molecule has 1 aromatic heterocycles. The second kappa shape index (κ2) is 19.9. The van der Waals surface area contributed by atoms with Crippen molar-refractivity contribution >= 4 is 10.9 Å². The Morgan fingerprint density at radius 3 is 1.42 bits per heavy atom. The quantitative estimate of drug-likeness (QED) is 0.0781. The molecule has 8 aromatic carbocycles. The zero-order valence-corrected chi connectivity index (χ0v) is 43.8. The fourth-order valence-electron chi connectivity index (χ4n) is 13.7. The number of rotatable bonds is 18. The van der Waals surface area contributed by atoms with Crippen molar-refractivity contribution in [1.29, 1.82) is 0 Å². The fourth-order valence-corrected chi connectivity index (χ4v) is 13.7. The molecular weight excluding hydrogens is 879 g/mol. The van der Waals surface area contributed by atoms with Crippen molar-refractivity contribution in [2.24, 2.45) is 0 Å². The summed E-state index contributed by atoms with van der Waals surface area (Å²) in [6.07, 6.45) is 18.8. The van der Waals surface area contributed by atoms with Gasteiger partial charge in [0, 0.05) is 16.4 Å². The van der Waals surface area contributed by atoms with E-state index >= 15 is 0 Å². The van der Waals surface area contributed by atoms with Crippen LogP contribution in [0.1, 0.15) is 160 Å². The van der Waals surface area contributed by atoms with Crippen LogP contribution >= 0.6 is 0 Å². The molecule has 364 valence electrons.